The smallest absolute Gasteiger partial charge is 0.292 e. The molecule has 20 heavy (non-hydrogen) atoms. The van der Waals surface area contributed by atoms with Crippen molar-refractivity contribution in [3.05, 3.63) is 51.5 Å². The highest BCUT2D eigenvalue weighted by molar-refractivity contribution is 7.22. The second-order valence-electron chi connectivity index (χ2n) is 4.14. The topological polar surface area (TPSA) is 82.0 Å². The number of nitro groups is 1. The lowest BCUT2D eigenvalue weighted by molar-refractivity contribution is -0.383. The van der Waals surface area contributed by atoms with Crippen LogP contribution in [0.1, 0.15) is 0 Å². The normalized spacial score (nSPS) is 10.8. The number of rotatable bonds is 2. The number of nitro benzene ring substituents is 1. The van der Waals surface area contributed by atoms with Crippen LogP contribution in [0.5, 0.6) is 0 Å². The van der Waals surface area contributed by atoms with Crippen molar-refractivity contribution in [2.24, 2.45) is 0 Å². The Morgan fingerprint density at radius 1 is 1.30 bits per heavy atom. The van der Waals surface area contributed by atoms with Gasteiger partial charge in [-0.3, -0.25) is 10.1 Å². The van der Waals surface area contributed by atoms with Crippen LogP contribution in [0.4, 0.5) is 11.4 Å². The fourth-order valence-corrected chi connectivity index (χ4v) is 3.12. The molecule has 1 heterocycles. The summed E-state index contributed by atoms with van der Waals surface area (Å²) < 4.78 is 0.864. The van der Waals surface area contributed by atoms with Gasteiger partial charge in [0.1, 0.15) is 10.7 Å². The number of fused-ring (bicyclic) bond motifs is 1. The first-order valence-electron chi connectivity index (χ1n) is 5.65. The molecule has 3 rings (SSSR count). The van der Waals surface area contributed by atoms with Gasteiger partial charge in [-0.05, 0) is 24.3 Å². The molecular weight excluding hydrogens is 298 g/mol. The number of halogens is 1. The molecule has 0 amide bonds. The highest BCUT2D eigenvalue weighted by Gasteiger charge is 2.15. The van der Waals surface area contributed by atoms with Crippen molar-refractivity contribution in [1.29, 1.82) is 0 Å². The number of nitrogen functional groups attached to an aromatic ring is 1. The largest absolute Gasteiger partial charge is 0.393 e. The van der Waals surface area contributed by atoms with E-state index in [1.807, 2.05) is 12.1 Å². The fourth-order valence-electron chi connectivity index (χ4n) is 1.87. The maximum Gasteiger partial charge on any atom is 0.292 e. The Hall–Kier alpha value is -2.18. The van der Waals surface area contributed by atoms with Gasteiger partial charge in [0.25, 0.3) is 5.69 Å². The van der Waals surface area contributed by atoms with E-state index in [1.165, 1.54) is 23.5 Å². The zero-order valence-corrected chi connectivity index (χ0v) is 11.6. The molecule has 0 aliphatic rings. The molecular formula is C13H8ClN3O2S. The number of hydrogen-bond acceptors (Lipinski definition) is 5. The number of hydrogen-bond donors (Lipinski definition) is 1. The van der Waals surface area contributed by atoms with Crippen LogP contribution in [-0.4, -0.2) is 9.91 Å². The van der Waals surface area contributed by atoms with Gasteiger partial charge in [-0.2, -0.15) is 0 Å². The summed E-state index contributed by atoms with van der Waals surface area (Å²) in [7, 11) is 0. The van der Waals surface area contributed by atoms with E-state index in [0.29, 0.717) is 15.6 Å². The molecule has 0 spiro atoms. The van der Waals surface area contributed by atoms with Gasteiger partial charge in [0.2, 0.25) is 0 Å². The average molecular weight is 306 g/mol. The lowest BCUT2D eigenvalue weighted by Crippen LogP contribution is -1.95. The van der Waals surface area contributed by atoms with Gasteiger partial charge in [0, 0.05) is 11.6 Å². The number of anilines is 1. The molecule has 2 N–H and O–H groups in total. The molecule has 0 aliphatic heterocycles. The molecule has 0 unspecified atom stereocenters. The number of benzene rings is 2. The molecule has 2 aromatic carbocycles. The van der Waals surface area contributed by atoms with E-state index in [4.69, 9.17) is 17.3 Å². The molecule has 0 saturated carbocycles. The van der Waals surface area contributed by atoms with Crippen molar-refractivity contribution in [3.63, 3.8) is 0 Å². The van der Waals surface area contributed by atoms with Crippen LogP contribution in [0, 0.1) is 10.1 Å². The van der Waals surface area contributed by atoms with Gasteiger partial charge in [0.15, 0.2) is 0 Å². The highest BCUT2D eigenvalue weighted by atomic mass is 35.5. The SMILES string of the molecule is Nc1ccc(-c2nc3cccc(Cl)c3s2)cc1[N+](=O)[O-]. The second kappa shape index (κ2) is 4.73. The maximum atomic E-state index is 10.9. The van der Waals surface area contributed by atoms with E-state index >= 15 is 0 Å². The molecule has 0 bridgehead atoms. The van der Waals surface area contributed by atoms with Gasteiger partial charge < -0.3 is 5.73 Å². The number of nitrogens with zero attached hydrogens (tertiary/aromatic N) is 2. The molecule has 0 radical (unpaired) electrons. The Morgan fingerprint density at radius 3 is 2.80 bits per heavy atom. The van der Waals surface area contributed by atoms with E-state index in [-0.39, 0.29) is 11.4 Å². The van der Waals surface area contributed by atoms with Crippen LogP contribution in [0.2, 0.25) is 5.02 Å². The maximum absolute atomic E-state index is 10.9. The molecule has 0 atom stereocenters. The predicted molar refractivity (Wildman–Crippen MR) is 81.1 cm³/mol. The van der Waals surface area contributed by atoms with E-state index < -0.39 is 4.92 Å². The lowest BCUT2D eigenvalue weighted by Gasteiger charge is -1.99. The molecule has 7 heteroatoms. The molecule has 5 nitrogen and oxygen atoms in total. The summed E-state index contributed by atoms with van der Waals surface area (Å²) in [5.74, 6) is 0. The molecule has 0 fully saturated rings. The zero-order valence-electron chi connectivity index (χ0n) is 10.0. The summed E-state index contributed by atoms with van der Waals surface area (Å²) in [6.07, 6.45) is 0. The Balaban J connectivity index is 2.18. The van der Waals surface area contributed by atoms with Crippen molar-refractivity contribution in [2.75, 3.05) is 5.73 Å². The van der Waals surface area contributed by atoms with Crippen molar-refractivity contribution >= 4 is 44.5 Å². The zero-order chi connectivity index (χ0) is 14.3. The number of nitrogens with two attached hydrogens (primary N) is 1. The number of aromatic nitrogens is 1. The van der Waals surface area contributed by atoms with Crippen LogP contribution < -0.4 is 5.73 Å². The van der Waals surface area contributed by atoms with Crippen LogP contribution in [0.3, 0.4) is 0 Å². The van der Waals surface area contributed by atoms with Crippen LogP contribution in [0.15, 0.2) is 36.4 Å². The summed E-state index contributed by atoms with van der Waals surface area (Å²) in [6.45, 7) is 0. The third-order valence-corrected chi connectivity index (χ3v) is 4.42. The first kappa shape index (κ1) is 12.8. The minimum absolute atomic E-state index is 0.118. The standard InChI is InChI=1S/C13H8ClN3O2S/c14-8-2-1-3-10-12(8)20-13(16-10)7-4-5-9(15)11(6-7)17(18)19/h1-6H,15H2. The van der Waals surface area contributed by atoms with Crippen LogP contribution in [0.25, 0.3) is 20.8 Å². The van der Waals surface area contributed by atoms with E-state index in [0.717, 1.165) is 10.2 Å². The van der Waals surface area contributed by atoms with Gasteiger partial charge >= 0.3 is 0 Å². The first-order chi connectivity index (χ1) is 9.56. The third-order valence-electron chi connectivity index (χ3n) is 2.84. The molecule has 0 aliphatic carbocycles. The first-order valence-corrected chi connectivity index (χ1v) is 6.85. The Labute approximate surface area is 122 Å². The van der Waals surface area contributed by atoms with Crippen molar-refractivity contribution in [3.8, 4) is 10.6 Å². The minimum atomic E-state index is -0.501. The molecule has 100 valence electrons. The second-order valence-corrected chi connectivity index (χ2v) is 5.54. The molecule has 3 aromatic rings. The Kier molecular flexibility index (Phi) is 3.04. The summed E-state index contributed by atoms with van der Waals surface area (Å²) in [5, 5.41) is 12.2. The predicted octanol–water partition coefficient (Wildman–Crippen LogP) is 4.11. The summed E-state index contributed by atoms with van der Waals surface area (Å²) in [5.41, 5.74) is 7.04. The summed E-state index contributed by atoms with van der Waals surface area (Å²) in [4.78, 5) is 14.9. The van der Waals surface area contributed by atoms with Crippen molar-refractivity contribution in [1.82, 2.24) is 4.98 Å². The molecule has 0 saturated heterocycles. The quantitative estimate of drug-likeness (QED) is 0.439. The number of thiazole rings is 1. The summed E-state index contributed by atoms with van der Waals surface area (Å²) in [6, 6.07) is 10.1. The van der Waals surface area contributed by atoms with Gasteiger partial charge in [-0.25, -0.2) is 4.98 Å². The van der Waals surface area contributed by atoms with E-state index in [9.17, 15) is 10.1 Å². The Morgan fingerprint density at radius 2 is 2.10 bits per heavy atom. The Bertz CT molecular complexity index is 832. The molecule has 1 aromatic heterocycles. The van der Waals surface area contributed by atoms with E-state index in [2.05, 4.69) is 4.98 Å². The lowest BCUT2D eigenvalue weighted by atomic mass is 10.2. The van der Waals surface area contributed by atoms with Crippen LogP contribution in [-0.2, 0) is 0 Å². The minimum Gasteiger partial charge on any atom is -0.393 e. The average Bonchev–Trinajstić information content (AvgIpc) is 2.84. The van der Waals surface area contributed by atoms with Crippen molar-refractivity contribution in [2.45, 2.75) is 0 Å². The van der Waals surface area contributed by atoms with Crippen molar-refractivity contribution < 1.29 is 4.92 Å². The highest BCUT2D eigenvalue weighted by Crippen LogP contribution is 2.36. The monoisotopic (exact) mass is 305 g/mol. The van der Waals surface area contributed by atoms with Crippen LogP contribution >= 0.6 is 22.9 Å². The van der Waals surface area contributed by atoms with Gasteiger partial charge in [-0.15, -0.1) is 11.3 Å². The van der Waals surface area contributed by atoms with E-state index in [1.54, 1.807) is 12.1 Å². The fraction of sp³-hybridized carbons (Fsp3) is 0. The van der Waals surface area contributed by atoms with Gasteiger partial charge in [-0.1, -0.05) is 17.7 Å². The van der Waals surface area contributed by atoms with Gasteiger partial charge in [0.05, 0.1) is 20.2 Å². The summed E-state index contributed by atoms with van der Waals surface area (Å²) >= 11 is 7.50. The third kappa shape index (κ3) is 2.09.